The number of rotatable bonds is 3. The van der Waals surface area contributed by atoms with E-state index in [-0.39, 0.29) is 11.9 Å². The highest BCUT2D eigenvalue weighted by atomic mass is 16.1. The van der Waals surface area contributed by atoms with Gasteiger partial charge in [-0.05, 0) is 39.7 Å². The number of aromatic nitrogens is 3. The summed E-state index contributed by atoms with van der Waals surface area (Å²) in [4.78, 5) is 17.0. The molecule has 2 aromatic heterocycles. The molecular weight excluding hydrogens is 264 g/mol. The number of pyridine rings is 1. The first kappa shape index (κ1) is 14.0. The summed E-state index contributed by atoms with van der Waals surface area (Å²) in [6.07, 6.45) is 6.39. The number of carbonyl (C=O) groups is 1. The Kier molecular flexibility index (Phi) is 3.66. The summed E-state index contributed by atoms with van der Waals surface area (Å²) in [6.45, 7) is 6.04. The first-order chi connectivity index (χ1) is 10.1. The van der Waals surface area contributed by atoms with E-state index in [1.807, 2.05) is 17.7 Å². The average molecular weight is 286 g/mol. The van der Waals surface area contributed by atoms with Gasteiger partial charge in [-0.3, -0.25) is 4.79 Å². The summed E-state index contributed by atoms with van der Waals surface area (Å²) >= 11 is 0. The largest absolute Gasteiger partial charge is 0.349 e. The summed E-state index contributed by atoms with van der Waals surface area (Å²) in [6, 6.07) is 2.49. The summed E-state index contributed by atoms with van der Waals surface area (Å²) < 4.78 is 1.89. The molecule has 3 rings (SSSR count). The Morgan fingerprint density at radius 1 is 1.38 bits per heavy atom. The predicted octanol–water partition coefficient (Wildman–Crippen LogP) is 2.99. The van der Waals surface area contributed by atoms with Gasteiger partial charge in [0.05, 0.1) is 17.5 Å². The number of nitrogens with zero attached hydrogens (tertiary/aromatic N) is 3. The number of carbonyl (C=O) groups excluding carboxylic acids is 1. The standard InChI is InChI=1S/C16H22N4O/c1-10(2)20-15-12(9-17-20)8-14(11(3)18-15)16(21)19-13-6-4-5-7-13/h8-10,13H,4-7H2,1-3H3,(H,19,21). The molecule has 0 atom stereocenters. The minimum atomic E-state index is -0.00824. The Labute approximate surface area is 124 Å². The molecule has 1 aliphatic carbocycles. The van der Waals surface area contributed by atoms with Crippen molar-refractivity contribution in [2.45, 2.75) is 58.5 Å². The van der Waals surface area contributed by atoms with Crippen LogP contribution in [-0.4, -0.2) is 26.7 Å². The van der Waals surface area contributed by atoms with Crippen molar-refractivity contribution in [1.82, 2.24) is 20.1 Å². The lowest BCUT2D eigenvalue weighted by atomic mass is 10.1. The quantitative estimate of drug-likeness (QED) is 0.943. The molecule has 2 aromatic rings. The molecule has 21 heavy (non-hydrogen) atoms. The molecule has 0 aliphatic heterocycles. The summed E-state index contributed by atoms with van der Waals surface area (Å²) in [5, 5.41) is 8.41. The molecule has 1 fully saturated rings. The third-order valence-electron chi connectivity index (χ3n) is 4.18. The van der Waals surface area contributed by atoms with Crippen molar-refractivity contribution >= 4 is 16.9 Å². The first-order valence-electron chi connectivity index (χ1n) is 7.72. The third kappa shape index (κ3) is 2.64. The first-order valence-corrected chi connectivity index (χ1v) is 7.72. The zero-order valence-corrected chi connectivity index (χ0v) is 12.9. The molecule has 0 radical (unpaired) electrons. The van der Waals surface area contributed by atoms with Crippen LogP contribution in [0.25, 0.3) is 11.0 Å². The zero-order valence-electron chi connectivity index (χ0n) is 12.9. The van der Waals surface area contributed by atoms with E-state index in [1.54, 1.807) is 6.20 Å². The molecule has 0 spiro atoms. The van der Waals surface area contributed by atoms with E-state index in [4.69, 9.17) is 0 Å². The normalized spacial score (nSPS) is 16.0. The van der Waals surface area contributed by atoms with Crippen LogP contribution in [0.15, 0.2) is 12.3 Å². The van der Waals surface area contributed by atoms with Gasteiger partial charge in [0.1, 0.15) is 0 Å². The van der Waals surface area contributed by atoms with Crippen molar-refractivity contribution in [3.05, 3.63) is 23.5 Å². The predicted molar refractivity (Wildman–Crippen MR) is 82.4 cm³/mol. The van der Waals surface area contributed by atoms with Crippen molar-refractivity contribution in [3.8, 4) is 0 Å². The lowest BCUT2D eigenvalue weighted by molar-refractivity contribution is 0.0937. The number of hydrogen-bond donors (Lipinski definition) is 1. The number of nitrogens with one attached hydrogen (secondary N) is 1. The highest BCUT2D eigenvalue weighted by Crippen LogP contribution is 2.21. The van der Waals surface area contributed by atoms with Gasteiger partial charge in [0.15, 0.2) is 5.65 Å². The molecule has 0 unspecified atom stereocenters. The highest BCUT2D eigenvalue weighted by Gasteiger charge is 2.20. The van der Waals surface area contributed by atoms with E-state index in [1.165, 1.54) is 12.8 Å². The number of amides is 1. The van der Waals surface area contributed by atoms with Gasteiger partial charge in [-0.2, -0.15) is 5.10 Å². The molecule has 0 bridgehead atoms. The van der Waals surface area contributed by atoms with Crippen LogP contribution >= 0.6 is 0 Å². The Morgan fingerprint density at radius 2 is 2.10 bits per heavy atom. The monoisotopic (exact) mass is 286 g/mol. The van der Waals surface area contributed by atoms with E-state index in [9.17, 15) is 4.79 Å². The maximum atomic E-state index is 12.4. The van der Waals surface area contributed by atoms with Crippen molar-refractivity contribution in [3.63, 3.8) is 0 Å². The van der Waals surface area contributed by atoms with Crippen LogP contribution in [0.1, 0.15) is 61.6 Å². The SMILES string of the molecule is Cc1nc2c(cnn2C(C)C)cc1C(=O)NC1CCCC1. The Balaban J connectivity index is 1.91. The topological polar surface area (TPSA) is 59.8 Å². The van der Waals surface area contributed by atoms with E-state index >= 15 is 0 Å². The molecule has 0 saturated heterocycles. The molecule has 1 amide bonds. The van der Waals surface area contributed by atoms with Crippen LogP contribution in [0.4, 0.5) is 0 Å². The lowest BCUT2D eigenvalue weighted by Crippen LogP contribution is -2.33. The summed E-state index contributed by atoms with van der Waals surface area (Å²) in [5.41, 5.74) is 2.28. The Hall–Kier alpha value is -1.91. The zero-order chi connectivity index (χ0) is 15.0. The van der Waals surface area contributed by atoms with Crippen LogP contribution in [0.5, 0.6) is 0 Å². The summed E-state index contributed by atoms with van der Waals surface area (Å²) in [5.74, 6) is -0.00824. The molecule has 1 saturated carbocycles. The van der Waals surface area contributed by atoms with Crippen LogP contribution in [0.3, 0.4) is 0 Å². The van der Waals surface area contributed by atoms with Crippen molar-refractivity contribution < 1.29 is 4.79 Å². The maximum absolute atomic E-state index is 12.4. The van der Waals surface area contributed by atoms with Crippen molar-refractivity contribution in [2.75, 3.05) is 0 Å². The smallest absolute Gasteiger partial charge is 0.253 e. The van der Waals surface area contributed by atoms with E-state index in [0.717, 1.165) is 29.6 Å². The molecule has 1 N–H and O–H groups in total. The Morgan fingerprint density at radius 3 is 2.76 bits per heavy atom. The van der Waals surface area contributed by atoms with Crippen LogP contribution < -0.4 is 5.32 Å². The fourth-order valence-electron chi connectivity index (χ4n) is 3.01. The molecular formula is C16H22N4O. The number of fused-ring (bicyclic) bond motifs is 1. The van der Waals surface area contributed by atoms with Gasteiger partial charge < -0.3 is 5.32 Å². The Bertz CT molecular complexity index is 668. The molecule has 1 aliphatic rings. The van der Waals surface area contributed by atoms with Gasteiger partial charge in [0.2, 0.25) is 0 Å². The molecule has 112 valence electrons. The van der Waals surface area contributed by atoms with Crippen LogP contribution in [-0.2, 0) is 0 Å². The lowest BCUT2D eigenvalue weighted by Gasteiger charge is -2.13. The molecule has 0 aromatic carbocycles. The van der Waals surface area contributed by atoms with Crippen molar-refractivity contribution in [2.24, 2.45) is 0 Å². The second-order valence-corrected chi connectivity index (χ2v) is 6.17. The minimum absolute atomic E-state index is 0.00824. The second kappa shape index (κ2) is 5.47. The third-order valence-corrected chi connectivity index (χ3v) is 4.18. The van der Waals surface area contributed by atoms with Gasteiger partial charge in [0.25, 0.3) is 5.91 Å². The van der Waals surface area contributed by atoms with E-state index in [2.05, 4.69) is 29.2 Å². The fourth-order valence-corrected chi connectivity index (χ4v) is 3.01. The molecule has 2 heterocycles. The maximum Gasteiger partial charge on any atom is 0.253 e. The second-order valence-electron chi connectivity index (χ2n) is 6.17. The van der Waals surface area contributed by atoms with Gasteiger partial charge in [-0.15, -0.1) is 0 Å². The van der Waals surface area contributed by atoms with Crippen LogP contribution in [0.2, 0.25) is 0 Å². The fraction of sp³-hybridized carbons (Fsp3) is 0.562. The van der Waals surface area contributed by atoms with Gasteiger partial charge in [-0.25, -0.2) is 9.67 Å². The van der Waals surface area contributed by atoms with Gasteiger partial charge in [0, 0.05) is 17.5 Å². The van der Waals surface area contributed by atoms with E-state index in [0.29, 0.717) is 11.6 Å². The number of hydrogen-bond acceptors (Lipinski definition) is 3. The van der Waals surface area contributed by atoms with Crippen LogP contribution in [0, 0.1) is 6.92 Å². The summed E-state index contributed by atoms with van der Waals surface area (Å²) in [7, 11) is 0. The van der Waals surface area contributed by atoms with E-state index < -0.39 is 0 Å². The van der Waals surface area contributed by atoms with Gasteiger partial charge >= 0.3 is 0 Å². The van der Waals surface area contributed by atoms with Crippen molar-refractivity contribution in [1.29, 1.82) is 0 Å². The average Bonchev–Trinajstić information content (AvgIpc) is 3.06. The highest BCUT2D eigenvalue weighted by molar-refractivity contribution is 5.98. The minimum Gasteiger partial charge on any atom is -0.349 e. The molecule has 5 nitrogen and oxygen atoms in total. The molecule has 5 heteroatoms. The van der Waals surface area contributed by atoms with Gasteiger partial charge in [-0.1, -0.05) is 12.8 Å². The number of aryl methyl sites for hydroxylation is 1.